The average Bonchev–Trinajstić information content (AvgIpc) is 3.04. The number of fused-ring (bicyclic) bond motifs is 1. The SMILES string of the molecule is COCCc1cc(NS(=O)(=O)c2ccccc2)n2nc(SC)cc2n1. The summed E-state index contributed by atoms with van der Waals surface area (Å²) in [6.07, 6.45) is 2.48. The van der Waals surface area contributed by atoms with Crippen LogP contribution in [0.15, 0.2) is 52.4 Å². The molecule has 0 unspecified atom stereocenters. The Morgan fingerprint density at radius 2 is 2.00 bits per heavy atom. The van der Waals surface area contributed by atoms with Crippen molar-refractivity contribution in [2.24, 2.45) is 0 Å². The minimum atomic E-state index is -3.72. The van der Waals surface area contributed by atoms with Gasteiger partial charge in [-0.15, -0.1) is 11.8 Å². The Labute approximate surface area is 150 Å². The maximum atomic E-state index is 12.6. The molecule has 0 radical (unpaired) electrons. The first-order valence-electron chi connectivity index (χ1n) is 7.54. The lowest BCUT2D eigenvalue weighted by molar-refractivity contribution is 0.201. The van der Waals surface area contributed by atoms with Crippen LogP contribution in [-0.4, -0.2) is 43.0 Å². The number of aromatic nitrogens is 3. The summed E-state index contributed by atoms with van der Waals surface area (Å²) < 4.78 is 34.5. The Hall–Kier alpha value is -2.10. The number of hydrogen-bond acceptors (Lipinski definition) is 6. The number of nitrogens with one attached hydrogen (secondary N) is 1. The van der Waals surface area contributed by atoms with Crippen LogP contribution in [0.25, 0.3) is 5.65 Å². The maximum Gasteiger partial charge on any atom is 0.263 e. The lowest BCUT2D eigenvalue weighted by Gasteiger charge is -2.11. The van der Waals surface area contributed by atoms with Crippen LogP contribution in [0.3, 0.4) is 0 Å². The molecule has 132 valence electrons. The number of rotatable bonds is 7. The van der Waals surface area contributed by atoms with Crippen molar-refractivity contribution in [1.29, 1.82) is 0 Å². The van der Waals surface area contributed by atoms with Gasteiger partial charge in [0.15, 0.2) is 5.65 Å². The van der Waals surface area contributed by atoms with Gasteiger partial charge in [0.25, 0.3) is 10.0 Å². The summed E-state index contributed by atoms with van der Waals surface area (Å²) in [6.45, 7) is 0.498. The predicted octanol–water partition coefficient (Wildman–Crippen LogP) is 2.44. The number of benzene rings is 1. The lowest BCUT2D eigenvalue weighted by Crippen LogP contribution is -2.16. The Morgan fingerprint density at radius 3 is 2.68 bits per heavy atom. The molecule has 2 aromatic heterocycles. The van der Waals surface area contributed by atoms with Crippen LogP contribution in [-0.2, 0) is 21.2 Å². The molecule has 0 fully saturated rings. The van der Waals surface area contributed by atoms with Gasteiger partial charge in [0.05, 0.1) is 11.5 Å². The molecule has 3 aromatic rings. The topological polar surface area (TPSA) is 85.6 Å². The van der Waals surface area contributed by atoms with E-state index in [0.29, 0.717) is 24.5 Å². The standard InChI is InChI=1S/C16H18N4O3S2/c1-23-9-8-12-10-15(20-14(17-12)11-16(18-20)24-2)19-25(21,22)13-6-4-3-5-7-13/h3-7,10-11,19H,8-9H2,1-2H3. The number of hydrogen-bond donors (Lipinski definition) is 1. The van der Waals surface area contributed by atoms with E-state index in [2.05, 4.69) is 14.8 Å². The third-order valence-corrected chi connectivity index (χ3v) is 5.51. The fraction of sp³-hybridized carbons (Fsp3) is 0.250. The largest absolute Gasteiger partial charge is 0.384 e. The van der Waals surface area contributed by atoms with Crippen molar-refractivity contribution < 1.29 is 13.2 Å². The molecule has 3 rings (SSSR count). The Bertz CT molecular complexity index is 972. The van der Waals surface area contributed by atoms with Gasteiger partial charge < -0.3 is 4.74 Å². The molecule has 1 aromatic carbocycles. The predicted molar refractivity (Wildman–Crippen MR) is 97.6 cm³/mol. The molecule has 0 amide bonds. The minimum absolute atomic E-state index is 0.190. The van der Waals surface area contributed by atoms with Gasteiger partial charge in [-0.05, 0) is 18.4 Å². The molecule has 0 atom stereocenters. The van der Waals surface area contributed by atoms with Crippen LogP contribution >= 0.6 is 11.8 Å². The number of methoxy groups -OCH3 is 1. The van der Waals surface area contributed by atoms with Gasteiger partial charge in [-0.1, -0.05) is 18.2 Å². The summed E-state index contributed by atoms with van der Waals surface area (Å²) in [6, 6.07) is 11.7. The molecule has 25 heavy (non-hydrogen) atoms. The molecule has 0 bridgehead atoms. The van der Waals surface area contributed by atoms with Crippen LogP contribution < -0.4 is 4.72 Å². The fourth-order valence-corrected chi connectivity index (χ4v) is 3.75. The van der Waals surface area contributed by atoms with Crippen LogP contribution in [0.5, 0.6) is 0 Å². The quantitative estimate of drug-likeness (QED) is 0.636. The van der Waals surface area contributed by atoms with Crippen molar-refractivity contribution in [3.05, 3.63) is 48.2 Å². The average molecular weight is 378 g/mol. The van der Waals surface area contributed by atoms with Crippen molar-refractivity contribution in [3.63, 3.8) is 0 Å². The summed E-state index contributed by atoms with van der Waals surface area (Å²) >= 11 is 1.47. The zero-order valence-corrected chi connectivity index (χ0v) is 15.5. The second kappa shape index (κ2) is 7.42. The van der Waals surface area contributed by atoms with E-state index in [4.69, 9.17) is 4.74 Å². The molecule has 0 saturated heterocycles. The molecule has 9 heteroatoms. The van der Waals surface area contributed by atoms with Crippen LogP contribution in [0.2, 0.25) is 0 Å². The van der Waals surface area contributed by atoms with Crippen LogP contribution in [0.4, 0.5) is 5.82 Å². The Morgan fingerprint density at radius 1 is 1.24 bits per heavy atom. The summed E-state index contributed by atoms with van der Waals surface area (Å²) in [7, 11) is -2.10. The molecule has 1 N–H and O–H groups in total. The normalized spacial score (nSPS) is 11.8. The third-order valence-electron chi connectivity index (χ3n) is 3.52. The van der Waals surface area contributed by atoms with Crippen molar-refractivity contribution >= 4 is 33.3 Å². The van der Waals surface area contributed by atoms with Crippen molar-refractivity contribution in [2.75, 3.05) is 24.7 Å². The van der Waals surface area contributed by atoms with E-state index in [1.165, 1.54) is 16.3 Å². The molecular formula is C16H18N4O3S2. The molecule has 0 spiro atoms. The first-order chi connectivity index (χ1) is 12.0. The lowest BCUT2D eigenvalue weighted by atomic mass is 10.3. The van der Waals surface area contributed by atoms with Crippen LogP contribution in [0.1, 0.15) is 5.69 Å². The number of nitrogens with zero attached hydrogens (tertiary/aromatic N) is 3. The molecule has 0 aliphatic carbocycles. The molecular weight excluding hydrogens is 360 g/mol. The minimum Gasteiger partial charge on any atom is -0.384 e. The molecule has 2 heterocycles. The summed E-state index contributed by atoms with van der Waals surface area (Å²) in [5.41, 5.74) is 1.32. The zero-order chi connectivity index (χ0) is 17.9. The summed E-state index contributed by atoms with van der Waals surface area (Å²) in [5, 5.41) is 5.15. The van der Waals surface area contributed by atoms with E-state index >= 15 is 0 Å². The van der Waals surface area contributed by atoms with Gasteiger partial charge in [-0.3, -0.25) is 4.72 Å². The summed E-state index contributed by atoms with van der Waals surface area (Å²) in [4.78, 5) is 4.71. The highest BCUT2D eigenvalue weighted by Crippen LogP contribution is 2.22. The highest BCUT2D eigenvalue weighted by Gasteiger charge is 2.17. The summed E-state index contributed by atoms with van der Waals surface area (Å²) in [5.74, 6) is 0.347. The van der Waals surface area contributed by atoms with Gasteiger partial charge in [0, 0.05) is 31.4 Å². The first kappa shape index (κ1) is 17.7. The van der Waals surface area contributed by atoms with Gasteiger partial charge >= 0.3 is 0 Å². The fourth-order valence-electron chi connectivity index (χ4n) is 2.31. The van der Waals surface area contributed by atoms with Gasteiger partial charge in [-0.25, -0.2) is 13.4 Å². The van der Waals surface area contributed by atoms with E-state index in [1.54, 1.807) is 43.5 Å². The second-order valence-electron chi connectivity index (χ2n) is 5.25. The van der Waals surface area contributed by atoms with E-state index in [-0.39, 0.29) is 4.90 Å². The third kappa shape index (κ3) is 3.94. The number of ether oxygens (including phenoxy) is 1. The monoisotopic (exact) mass is 378 g/mol. The Balaban J connectivity index is 2.05. The van der Waals surface area contributed by atoms with E-state index in [0.717, 1.165) is 10.7 Å². The number of thioether (sulfide) groups is 1. The molecule has 0 saturated carbocycles. The molecule has 0 aliphatic heterocycles. The van der Waals surface area contributed by atoms with Crippen molar-refractivity contribution in [2.45, 2.75) is 16.3 Å². The number of anilines is 1. The van der Waals surface area contributed by atoms with Gasteiger partial charge in [0.1, 0.15) is 10.8 Å². The highest BCUT2D eigenvalue weighted by molar-refractivity contribution is 7.98. The maximum absolute atomic E-state index is 12.6. The van der Waals surface area contributed by atoms with Crippen molar-refractivity contribution in [1.82, 2.24) is 14.6 Å². The second-order valence-corrected chi connectivity index (χ2v) is 7.76. The van der Waals surface area contributed by atoms with Crippen molar-refractivity contribution in [3.8, 4) is 0 Å². The van der Waals surface area contributed by atoms with E-state index in [9.17, 15) is 8.42 Å². The molecule has 7 nitrogen and oxygen atoms in total. The smallest absolute Gasteiger partial charge is 0.263 e. The highest BCUT2D eigenvalue weighted by atomic mass is 32.2. The van der Waals surface area contributed by atoms with Crippen LogP contribution in [0, 0.1) is 0 Å². The first-order valence-corrected chi connectivity index (χ1v) is 10.2. The van der Waals surface area contributed by atoms with E-state index in [1.807, 2.05) is 12.3 Å². The Kier molecular flexibility index (Phi) is 5.26. The number of sulfonamides is 1. The van der Waals surface area contributed by atoms with Gasteiger partial charge in [0.2, 0.25) is 0 Å². The molecule has 0 aliphatic rings. The zero-order valence-electron chi connectivity index (χ0n) is 13.8. The van der Waals surface area contributed by atoms with Gasteiger partial charge in [-0.2, -0.15) is 9.61 Å². The van der Waals surface area contributed by atoms with E-state index < -0.39 is 10.0 Å².